The fourth-order valence-electron chi connectivity index (χ4n) is 3.20. The van der Waals surface area contributed by atoms with Crippen molar-refractivity contribution in [3.05, 3.63) is 93.2 Å². The largest absolute Gasteiger partial charge is 0.323 e. The molecule has 31 heavy (non-hydrogen) atoms. The second-order valence-corrected chi connectivity index (χ2v) is 8.19. The molecule has 0 fully saturated rings. The third-order valence-corrected chi connectivity index (χ3v) is 5.59. The SMILES string of the molecule is Cc1cccc(-n2c(-c3ccccc3)nn(CC(=O)Nc3cc(Cl)ccc3Cl)c2=S)c1. The van der Waals surface area contributed by atoms with Crippen molar-refractivity contribution in [2.75, 3.05) is 5.32 Å². The van der Waals surface area contributed by atoms with Crippen molar-refractivity contribution in [1.29, 1.82) is 0 Å². The van der Waals surface area contributed by atoms with Gasteiger partial charge in [0.15, 0.2) is 5.82 Å². The van der Waals surface area contributed by atoms with Gasteiger partial charge in [0.1, 0.15) is 6.54 Å². The number of nitrogens with one attached hydrogen (secondary N) is 1. The molecular weight excluding hydrogens is 451 g/mol. The van der Waals surface area contributed by atoms with E-state index in [-0.39, 0.29) is 12.5 Å². The number of nitrogens with zero attached hydrogens (tertiary/aromatic N) is 3. The first-order chi connectivity index (χ1) is 14.9. The molecule has 1 N–H and O–H groups in total. The predicted octanol–water partition coefficient (Wildman–Crippen LogP) is 6.32. The molecule has 0 saturated carbocycles. The highest BCUT2D eigenvalue weighted by Crippen LogP contribution is 2.26. The fraction of sp³-hybridized carbons (Fsp3) is 0.0870. The Labute approximate surface area is 194 Å². The molecule has 0 saturated heterocycles. The molecule has 0 spiro atoms. The van der Waals surface area contributed by atoms with E-state index < -0.39 is 0 Å². The van der Waals surface area contributed by atoms with Gasteiger partial charge >= 0.3 is 0 Å². The highest BCUT2D eigenvalue weighted by atomic mass is 35.5. The van der Waals surface area contributed by atoms with Crippen molar-refractivity contribution in [1.82, 2.24) is 14.3 Å². The van der Waals surface area contributed by atoms with Crippen LogP contribution in [0.4, 0.5) is 5.69 Å². The van der Waals surface area contributed by atoms with Crippen LogP contribution in [0.5, 0.6) is 0 Å². The van der Waals surface area contributed by atoms with Crippen LogP contribution in [0.3, 0.4) is 0 Å². The van der Waals surface area contributed by atoms with E-state index in [0.717, 1.165) is 16.8 Å². The molecule has 0 bridgehead atoms. The van der Waals surface area contributed by atoms with Gasteiger partial charge in [0, 0.05) is 10.6 Å². The van der Waals surface area contributed by atoms with Gasteiger partial charge in [-0.05, 0) is 55.0 Å². The van der Waals surface area contributed by atoms with Crippen molar-refractivity contribution in [2.45, 2.75) is 13.5 Å². The zero-order valence-electron chi connectivity index (χ0n) is 16.5. The molecule has 0 unspecified atom stereocenters. The molecule has 0 aliphatic heterocycles. The number of aryl methyl sites for hydroxylation is 1. The van der Waals surface area contributed by atoms with E-state index in [1.54, 1.807) is 18.2 Å². The average Bonchev–Trinajstić information content (AvgIpc) is 3.07. The van der Waals surface area contributed by atoms with Crippen LogP contribution in [-0.4, -0.2) is 20.3 Å². The molecule has 3 aromatic carbocycles. The van der Waals surface area contributed by atoms with E-state index in [9.17, 15) is 4.79 Å². The Balaban J connectivity index is 1.73. The lowest BCUT2D eigenvalue weighted by atomic mass is 10.2. The second kappa shape index (κ2) is 9.06. The Kier molecular flexibility index (Phi) is 6.23. The molecule has 0 atom stereocenters. The predicted molar refractivity (Wildman–Crippen MR) is 128 cm³/mol. The second-order valence-electron chi connectivity index (χ2n) is 6.98. The molecule has 0 aliphatic carbocycles. The number of carbonyl (C=O) groups excluding carboxylic acids is 1. The normalized spacial score (nSPS) is 10.8. The Bertz CT molecular complexity index is 1310. The van der Waals surface area contributed by atoms with Crippen LogP contribution in [0.25, 0.3) is 17.1 Å². The average molecular weight is 469 g/mol. The van der Waals surface area contributed by atoms with Gasteiger partial charge in [0.25, 0.3) is 0 Å². The van der Waals surface area contributed by atoms with Crippen LogP contribution in [-0.2, 0) is 11.3 Å². The summed E-state index contributed by atoms with van der Waals surface area (Å²) in [5.74, 6) is 0.346. The van der Waals surface area contributed by atoms with E-state index in [1.807, 2.05) is 66.1 Å². The van der Waals surface area contributed by atoms with Crippen molar-refractivity contribution < 1.29 is 4.79 Å². The number of halogens is 2. The molecule has 156 valence electrons. The minimum absolute atomic E-state index is 0.0691. The summed E-state index contributed by atoms with van der Waals surface area (Å²) in [7, 11) is 0. The molecule has 1 heterocycles. The zero-order valence-corrected chi connectivity index (χ0v) is 18.9. The molecule has 8 heteroatoms. The molecule has 1 aromatic heterocycles. The summed E-state index contributed by atoms with van der Waals surface area (Å²) in [6.45, 7) is 1.95. The molecule has 0 radical (unpaired) electrons. The first-order valence-corrected chi connectivity index (χ1v) is 10.7. The fourth-order valence-corrected chi connectivity index (χ4v) is 3.84. The lowest BCUT2D eigenvalue weighted by Crippen LogP contribution is -2.20. The summed E-state index contributed by atoms with van der Waals surface area (Å²) >= 11 is 17.9. The number of benzene rings is 3. The lowest BCUT2D eigenvalue weighted by Gasteiger charge is -2.08. The standard InChI is InChI=1S/C23H18Cl2N4OS/c1-15-6-5-9-18(12-15)29-22(16-7-3-2-4-8-16)27-28(23(29)31)14-21(30)26-20-13-17(24)10-11-19(20)25/h2-13H,14H2,1H3,(H,26,30). The van der Waals surface area contributed by atoms with Crippen LogP contribution < -0.4 is 5.32 Å². The number of hydrogen-bond donors (Lipinski definition) is 1. The number of carbonyl (C=O) groups is 1. The van der Waals surface area contributed by atoms with Crippen molar-refractivity contribution >= 4 is 47.0 Å². The quantitative estimate of drug-likeness (QED) is 0.348. The smallest absolute Gasteiger partial charge is 0.246 e. The number of anilines is 1. The number of hydrogen-bond acceptors (Lipinski definition) is 3. The number of amides is 1. The topological polar surface area (TPSA) is 51.9 Å². The van der Waals surface area contributed by atoms with Gasteiger partial charge in [0.05, 0.1) is 16.4 Å². The maximum atomic E-state index is 12.7. The van der Waals surface area contributed by atoms with Gasteiger partial charge in [-0.1, -0.05) is 65.7 Å². The first kappa shape index (κ1) is 21.3. The third kappa shape index (κ3) is 4.71. The number of aromatic nitrogens is 3. The maximum absolute atomic E-state index is 12.7. The van der Waals surface area contributed by atoms with Gasteiger partial charge in [-0.25, -0.2) is 4.68 Å². The van der Waals surface area contributed by atoms with Crippen molar-refractivity contribution in [3.63, 3.8) is 0 Å². The summed E-state index contributed by atoms with van der Waals surface area (Å²) in [6, 6.07) is 22.6. The molecule has 4 rings (SSSR count). The van der Waals surface area contributed by atoms with E-state index in [1.165, 1.54) is 4.68 Å². The van der Waals surface area contributed by atoms with Crippen molar-refractivity contribution in [2.24, 2.45) is 0 Å². The molecule has 0 aliphatic rings. The van der Waals surface area contributed by atoms with E-state index >= 15 is 0 Å². The Hall–Kier alpha value is -2.93. The summed E-state index contributed by atoms with van der Waals surface area (Å²) in [5.41, 5.74) is 3.31. The Morgan fingerprint density at radius 1 is 1.03 bits per heavy atom. The maximum Gasteiger partial charge on any atom is 0.246 e. The highest BCUT2D eigenvalue weighted by Gasteiger charge is 2.17. The summed E-state index contributed by atoms with van der Waals surface area (Å²) < 4.78 is 3.79. The third-order valence-electron chi connectivity index (χ3n) is 4.63. The van der Waals surface area contributed by atoms with Crippen molar-refractivity contribution in [3.8, 4) is 17.1 Å². The van der Waals surface area contributed by atoms with Crippen LogP contribution in [0.2, 0.25) is 10.0 Å². The van der Waals surface area contributed by atoms with Crippen LogP contribution >= 0.6 is 35.4 Å². The monoisotopic (exact) mass is 468 g/mol. The Morgan fingerprint density at radius 3 is 2.55 bits per heavy atom. The van der Waals surface area contributed by atoms with Crippen LogP contribution in [0.1, 0.15) is 5.56 Å². The van der Waals surface area contributed by atoms with E-state index in [2.05, 4.69) is 10.4 Å². The minimum atomic E-state index is -0.311. The van der Waals surface area contributed by atoms with Crippen LogP contribution in [0, 0.1) is 11.7 Å². The summed E-state index contributed by atoms with van der Waals surface area (Å²) in [5, 5.41) is 8.31. The zero-order chi connectivity index (χ0) is 22.0. The molecule has 5 nitrogen and oxygen atoms in total. The molecule has 4 aromatic rings. The Morgan fingerprint density at radius 2 is 1.81 bits per heavy atom. The first-order valence-electron chi connectivity index (χ1n) is 9.49. The summed E-state index contributed by atoms with van der Waals surface area (Å²) in [6.07, 6.45) is 0. The molecule has 1 amide bonds. The van der Waals surface area contributed by atoms with Gasteiger partial charge in [-0.3, -0.25) is 9.36 Å². The lowest BCUT2D eigenvalue weighted by molar-refractivity contribution is -0.116. The minimum Gasteiger partial charge on any atom is -0.323 e. The van der Waals surface area contributed by atoms with E-state index in [0.29, 0.717) is 26.3 Å². The van der Waals surface area contributed by atoms with Gasteiger partial charge in [-0.2, -0.15) is 5.10 Å². The summed E-state index contributed by atoms with van der Waals surface area (Å²) in [4.78, 5) is 12.7. The van der Waals surface area contributed by atoms with Gasteiger partial charge < -0.3 is 5.32 Å². The molecular formula is C23H18Cl2N4OS. The highest BCUT2D eigenvalue weighted by molar-refractivity contribution is 7.71. The number of rotatable bonds is 5. The van der Waals surface area contributed by atoms with E-state index in [4.69, 9.17) is 35.4 Å². The van der Waals surface area contributed by atoms with Gasteiger partial charge in [-0.15, -0.1) is 0 Å². The van der Waals surface area contributed by atoms with Crippen LogP contribution in [0.15, 0.2) is 72.8 Å². The van der Waals surface area contributed by atoms with Gasteiger partial charge in [0.2, 0.25) is 10.7 Å².